The van der Waals surface area contributed by atoms with Crippen LogP contribution in [0.4, 0.5) is 10.8 Å². The SMILES string of the molecule is Cc1[nH]c(C(=O)Nc2nc3c(N4[C@@H]5CC[C@H]4COC5)cc(C(=O)O)cc3s2)c(Cl)c1Cl. The van der Waals surface area contributed by atoms with E-state index >= 15 is 0 Å². The van der Waals surface area contributed by atoms with Crippen molar-refractivity contribution in [1.82, 2.24) is 9.97 Å². The molecule has 0 spiro atoms. The van der Waals surface area contributed by atoms with E-state index in [1.165, 1.54) is 11.3 Å². The molecule has 162 valence electrons. The Morgan fingerprint density at radius 1 is 1.26 bits per heavy atom. The molecular weight excluding hydrogens is 463 g/mol. The summed E-state index contributed by atoms with van der Waals surface area (Å²) in [4.78, 5) is 34.2. The molecule has 1 aromatic carbocycles. The molecule has 3 aromatic rings. The monoisotopic (exact) mass is 480 g/mol. The fraction of sp³-hybridized carbons (Fsp3) is 0.350. The van der Waals surface area contributed by atoms with E-state index in [1.54, 1.807) is 19.1 Å². The minimum atomic E-state index is -1.01. The smallest absolute Gasteiger partial charge is 0.335 e. The zero-order valence-corrected chi connectivity index (χ0v) is 18.7. The lowest BCUT2D eigenvalue weighted by atomic mass is 10.1. The summed E-state index contributed by atoms with van der Waals surface area (Å²) in [5.41, 5.74) is 2.36. The molecule has 11 heteroatoms. The van der Waals surface area contributed by atoms with Gasteiger partial charge in [-0.05, 0) is 31.9 Å². The molecule has 31 heavy (non-hydrogen) atoms. The summed E-state index contributed by atoms with van der Waals surface area (Å²) in [7, 11) is 0. The molecule has 0 radical (unpaired) electrons. The number of aryl methyl sites for hydroxylation is 1. The number of rotatable bonds is 4. The number of fused-ring (bicyclic) bond motifs is 3. The normalized spacial score (nSPS) is 20.4. The Morgan fingerprint density at radius 2 is 1.97 bits per heavy atom. The van der Waals surface area contributed by atoms with Gasteiger partial charge in [0.05, 0.1) is 51.3 Å². The molecule has 2 aromatic heterocycles. The third-order valence-corrected chi connectivity index (χ3v) is 7.61. The van der Waals surface area contributed by atoms with Gasteiger partial charge in [-0.25, -0.2) is 9.78 Å². The van der Waals surface area contributed by atoms with Gasteiger partial charge in [-0.3, -0.25) is 10.1 Å². The molecule has 2 aliphatic heterocycles. The van der Waals surface area contributed by atoms with Crippen molar-refractivity contribution in [1.29, 1.82) is 0 Å². The van der Waals surface area contributed by atoms with Crippen LogP contribution in [0.1, 0.15) is 39.4 Å². The lowest BCUT2D eigenvalue weighted by Gasteiger charge is -2.36. The zero-order chi connectivity index (χ0) is 21.9. The van der Waals surface area contributed by atoms with Crippen LogP contribution in [0, 0.1) is 6.92 Å². The Morgan fingerprint density at radius 3 is 2.58 bits per heavy atom. The number of carboxylic acids is 1. The average Bonchev–Trinajstić information content (AvgIpc) is 3.34. The van der Waals surface area contributed by atoms with Gasteiger partial charge in [0, 0.05) is 5.69 Å². The number of amides is 1. The number of benzene rings is 1. The van der Waals surface area contributed by atoms with Gasteiger partial charge in [0.1, 0.15) is 11.2 Å². The number of hydrogen-bond acceptors (Lipinski definition) is 6. The molecule has 2 fully saturated rings. The summed E-state index contributed by atoms with van der Waals surface area (Å²) in [6.07, 6.45) is 1.98. The molecule has 5 rings (SSSR count). The van der Waals surface area contributed by atoms with Gasteiger partial charge < -0.3 is 19.7 Å². The predicted octanol–water partition coefficient (Wildman–Crippen LogP) is 4.56. The lowest BCUT2D eigenvalue weighted by Crippen LogP contribution is -2.46. The molecule has 0 unspecified atom stereocenters. The molecule has 2 saturated heterocycles. The Kier molecular flexibility index (Phi) is 5.09. The highest BCUT2D eigenvalue weighted by atomic mass is 35.5. The van der Waals surface area contributed by atoms with Crippen LogP contribution in [0.5, 0.6) is 0 Å². The quantitative estimate of drug-likeness (QED) is 0.505. The topological polar surface area (TPSA) is 108 Å². The van der Waals surface area contributed by atoms with Crippen molar-refractivity contribution in [3.05, 3.63) is 39.1 Å². The van der Waals surface area contributed by atoms with Crippen LogP contribution in [0.3, 0.4) is 0 Å². The van der Waals surface area contributed by atoms with Crippen LogP contribution in [-0.2, 0) is 4.74 Å². The number of nitrogens with zero attached hydrogens (tertiary/aromatic N) is 2. The number of H-pyrrole nitrogens is 1. The van der Waals surface area contributed by atoms with Crippen LogP contribution >= 0.6 is 34.5 Å². The minimum absolute atomic E-state index is 0.150. The standard InChI is InChI=1S/C20H18Cl2N4O4S/c1-8-14(21)15(22)17(23-8)18(27)25-20-24-16-12(4-9(19(28)29)5-13(16)31-20)26-10-2-3-11(26)7-30-6-10/h4-5,10-11,23H,2-3,6-7H2,1H3,(H,28,29)(H,24,25,27)/t10-,11+. The second-order valence-electron chi connectivity index (χ2n) is 7.70. The Hall–Kier alpha value is -2.33. The molecule has 8 nitrogen and oxygen atoms in total. The third kappa shape index (κ3) is 3.45. The van der Waals surface area contributed by atoms with Crippen molar-refractivity contribution in [3.63, 3.8) is 0 Å². The van der Waals surface area contributed by atoms with E-state index < -0.39 is 11.9 Å². The number of ether oxygens (including phenoxy) is 1. The van der Waals surface area contributed by atoms with E-state index in [9.17, 15) is 14.7 Å². The minimum Gasteiger partial charge on any atom is -0.478 e. The predicted molar refractivity (Wildman–Crippen MR) is 120 cm³/mol. The van der Waals surface area contributed by atoms with Crippen LogP contribution in [-0.4, -0.2) is 52.2 Å². The first-order valence-corrected chi connectivity index (χ1v) is 11.3. The molecule has 0 aliphatic carbocycles. The van der Waals surface area contributed by atoms with Gasteiger partial charge in [0.15, 0.2) is 5.13 Å². The van der Waals surface area contributed by atoms with Gasteiger partial charge >= 0.3 is 5.97 Å². The first-order valence-electron chi connectivity index (χ1n) is 9.72. The summed E-state index contributed by atoms with van der Waals surface area (Å²) in [5.74, 6) is -1.48. The van der Waals surface area contributed by atoms with Crippen LogP contribution < -0.4 is 10.2 Å². The third-order valence-electron chi connectivity index (χ3n) is 5.74. The first-order chi connectivity index (χ1) is 14.8. The summed E-state index contributed by atoms with van der Waals surface area (Å²) in [5, 5.41) is 13.2. The van der Waals surface area contributed by atoms with Crippen molar-refractivity contribution >= 4 is 67.5 Å². The Labute approximate surface area is 191 Å². The fourth-order valence-corrected chi connectivity index (χ4v) is 5.63. The number of carbonyl (C=O) groups excluding carboxylic acids is 1. The number of carboxylic acid groups (broad SMARTS) is 1. The first kappa shape index (κ1) is 20.6. The number of carbonyl (C=O) groups is 2. The van der Waals surface area contributed by atoms with Gasteiger partial charge in [-0.2, -0.15) is 0 Å². The maximum Gasteiger partial charge on any atom is 0.335 e. The van der Waals surface area contributed by atoms with Crippen molar-refractivity contribution in [2.75, 3.05) is 23.4 Å². The number of morpholine rings is 1. The summed E-state index contributed by atoms with van der Waals surface area (Å²) in [6.45, 7) is 2.93. The van der Waals surface area contributed by atoms with Gasteiger partial charge in [0.2, 0.25) is 0 Å². The number of aromatic nitrogens is 2. The highest BCUT2D eigenvalue weighted by molar-refractivity contribution is 7.22. The van der Waals surface area contributed by atoms with Gasteiger partial charge in [0.25, 0.3) is 5.91 Å². The molecule has 2 atom stereocenters. The van der Waals surface area contributed by atoms with E-state index in [0.29, 0.717) is 39.3 Å². The van der Waals surface area contributed by atoms with E-state index in [1.807, 2.05) is 0 Å². The second-order valence-corrected chi connectivity index (χ2v) is 9.49. The van der Waals surface area contributed by atoms with E-state index in [4.69, 9.17) is 27.9 Å². The number of halogens is 2. The molecule has 2 aliphatic rings. The zero-order valence-electron chi connectivity index (χ0n) is 16.4. The second kappa shape index (κ2) is 7.67. The molecular formula is C20H18Cl2N4O4S. The number of thiazole rings is 1. The number of aromatic carboxylic acids is 1. The molecule has 4 heterocycles. The number of aromatic amines is 1. The number of nitrogens with one attached hydrogen (secondary N) is 2. The summed E-state index contributed by atoms with van der Waals surface area (Å²) in [6, 6.07) is 3.62. The highest BCUT2D eigenvalue weighted by Crippen LogP contribution is 2.41. The maximum absolute atomic E-state index is 12.7. The van der Waals surface area contributed by atoms with E-state index in [-0.39, 0.29) is 28.4 Å². The van der Waals surface area contributed by atoms with Crippen molar-refractivity contribution in [3.8, 4) is 0 Å². The Bertz CT molecular complexity index is 1210. The largest absolute Gasteiger partial charge is 0.478 e. The van der Waals surface area contributed by atoms with Crippen LogP contribution in [0.25, 0.3) is 10.2 Å². The number of hydrogen-bond donors (Lipinski definition) is 3. The van der Waals surface area contributed by atoms with Crippen molar-refractivity contribution in [2.24, 2.45) is 0 Å². The summed E-state index contributed by atoms with van der Waals surface area (Å²) >= 11 is 13.4. The molecule has 3 N–H and O–H groups in total. The molecule has 2 bridgehead atoms. The molecule has 0 saturated carbocycles. The van der Waals surface area contributed by atoms with Gasteiger partial charge in [-0.1, -0.05) is 34.5 Å². The van der Waals surface area contributed by atoms with E-state index in [0.717, 1.165) is 18.5 Å². The highest BCUT2D eigenvalue weighted by Gasteiger charge is 2.39. The van der Waals surface area contributed by atoms with Gasteiger partial charge in [-0.15, -0.1) is 0 Å². The lowest BCUT2D eigenvalue weighted by molar-refractivity contribution is 0.0696. The Balaban J connectivity index is 1.55. The van der Waals surface area contributed by atoms with Crippen LogP contribution in [0.15, 0.2) is 12.1 Å². The van der Waals surface area contributed by atoms with Crippen molar-refractivity contribution < 1.29 is 19.4 Å². The summed E-state index contributed by atoms with van der Waals surface area (Å²) < 4.78 is 6.35. The molecule has 1 amide bonds. The van der Waals surface area contributed by atoms with Crippen LogP contribution in [0.2, 0.25) is 10.0 Å². The fourth-order valence-electron chi connectivity index (χ4n) is 4.30. The van der Waals surface area contributed by atoms with E-state index in [2.05, 4.69) is 20.2 Å². The van der Waals surface area contributed by atoms with Crippen molar-refractivity contribution in [2.45, 2.75) is 31.8 Å². The number of anilines is 2. The maximum atomic E-state index is 12.7. The average molecular weight is 481 g/mol.